The van der Waals surface area contributed by atoms with Crippen molar-refractivity contribution in [3.63, 3.8) is 0 Å². The maximum atomic E-state index is 13.7. The van der Waals surface area contributed by atoms with Gasteiger partial charge in [0.05, 0.1) is 17.0 Å². The van der Waals surface area contributed by atoms with Crippen LogP contribution in [0.4, 0.5) is 15.8 Å². The van der Waals surface area contributed by atoms with Crippen LogP contribution < -0.4 is 5.32 Å². The van der Waals surface area contributed by atoms with E-state index in [0.717, 1.165) is 0 Å². The average molecular weight is 386 g/mol. The summed E-state index contributed by atoms with van der Waals surface area (Å²) in [5.74, 6) is -0.819. The van der Waals surface area contributed by atoms with Gasteiger partial charge in [-0.1, -0.05) is 12.1 Å². The second kappa shape index (κ2) is 8.00. The molecule has 0 fully saturated rings. The van der Waals surface area contributed by atoms with Crippen molar-refractivity contribution in [1.29, 1.82) is 0 Å². The topological polar surface area (TPSA) is 90.1 Å². The predicted octanol–water partition coefficient (Wildman–Crippen LogP) is 3.80. The number of aromatic nitrogens is 2. The summed E-state index contributed by atoms with van der Waals surface area (Å²) in [6.45, 7) is 0. The molecule has 3 rings (SSSR count). The van der Waals surface area contributed by atoms with Crippen molar-refractivity contribution in [2.45, 2.75) is 16.5 Å². The summed E-state index contributed by atoms with van der Waals surface area (Å²) >= 11 is 1.31. The van der Waals surface area contributed by atoms with Crippen LogP contribution in [-0.4, -0.2) is 20.4 Å². The Morgan fingerprint density at radius 3 is 2.67 bits per heavy atom. The lowest BCUT2D eigenvalue weighted by Crippen LogP contribution is -2.15. The molecule has 0 aliphatic carbocycles. The number of halogens is 1. The summed E-state index contributed by atoms with van der Waals surface area (Å²) in [6.07, 6.45) is 3.46. The molecule has 0 spiro atoms. The molecule has 0 aliphatic heterocycles. The summed E-state index contributed by atoms with van der Waals surface area (Å²) < 4.78 is 15.5. The molecular weight excluding hydrogens is 371 g/mol. The monoisotopic (exact) mass is 386 g/mol. The molecule has 1 heterocycles. The van der Waals surface area contributed by atoms with Crippen molar-refractivity contribution in [3.05, 3.63) is 76.4 Å². The normalized spacial score (nSPS) is 10.6. The number of nitrogens with one attached hydrogen (secondary N) is 1. The van der Waals surface area contributed by atoms with E-state index in [9.17, 15) is 19.3 Å². The lowest BCUT2D eigenvalue weighted by Gasteiger charge is -2.11. The highest BCUT2D eigenvalue weighted by atomic mass is 32.2. The number of non-ortho nitro benzene ring substituents is 1. The third-order valence-electron chi connectivity index (χ3n) is 3.71. The number of nitro groups is 1. The van der Waals surface area contributed by atoms with Crippen molar-refractivity contribution in [2.24, 2.45) is 7.05 Å². The molecule has 0 saturated heterocycles. The maximum absolute atomic E-state index is 13.7. The van der Waals surface area contributed by atoms with Crippen molar-refractivity contribution in [2.75, 3.05) is 5.32 Å². The first-order valence-corrected chi connectivity index (χ1v) is 8.72. The van der Waals surface area contributed by atoms with Crippen molar-refractivity contribution >= 4 is 29.0 Å². The Morgan fingerprint density at radius 2 is 2.04 bits per heavy atom. The Labute approximate surface area is 158 Å². The quantitative estimate of drug-likeness (QED) is 0.514. The van der Waals surface area contributed by atoms with Crippen LogP contribution in [0.15, 0.2) is 64.9 Å². The van der Waals surface area contributed by atoms with Gasteiger partial charge in [0.25, 0.3) is 5.69 Å². The van der Waals surface area contributed by atoms with E-state index >= 15 is 0 Å². The number of nitro benzene ring substituents is 1. The first kappa shape index (κ1) is 18.6. The summed E-state index contributed by atoms with van der Waals surface area (Å²) in [4.78, 5) is 27.4. The second-order valence-corrected chi connectivity index (χ2v) is 6.72. The fraction of sp³-hybridized carbons (Fsp3) is 0.111. The van der Waals surface area contributed by atoms with Gasteiger partial charge in [-0.05, 0) is 35.5 Å². The molecule has 0 atom stereocenters. The number of hydrogen-bond acceptors (Lipinski definition) is 5. The van der Waals surface area contributed by atoms with Gasteiger partial charge in [-0.2, -0.15) is 0 Å². The van der Waals surface area contributed by atoms with Gasteiger partial charge in [0.1, 0.15) is 5.82 Å². The molecule has 27 heavy (non-hydrogen) atoms. The Hall–Kier alpha value is -3.20. The summed E-state index contributed by atoms with van der Waals surface area (Å²) in [7, 11) is 1.84. The molecule has 0 aliphatic rings. The van der Waals surface area contributed by atoms with Gasteiger partial charge in [0.2, 0.25) is 5.91 Å². The van der Waals surface area contributed by atoms with E-state index in [1.165, 1.54) is 48.2 Å². The molecule has 138 valence electrons. The number of anilines is 1. The van der Waals surface area contributed by atoms with Crippen molar-refractivity contribution < 1.29 is 14.1 Å². The van der Waals surface area contributed by atoms with Gasteiger partial charge in [-0.25, -0.2) is 9.37 Å². The van der Waals surface area contributed by atoms with Gasteiger partial charge in [0, 0.05) is 36.5 Å². The van der Waals surface area contributed by atoms with Crippen LogP contribution in [0.3, 0.4) is 0 Å². The smallest absolute Gasteiger partial charge is 0.269 e. The summed E-state index contributed by atoms with van der Waals surface area (Å²) in [5.41, 5.74) is 0.917. The molecule has 0 radical (unpaired) electrons. The van der Waals surface area contributed by atoms with Crippen LogP contribution in [0.25, 0.3) is 0 Å². The molecule has 7 nitrogen and oxygen atoms in total. The molecule has 1 N–H and O–H groups in total. The zero-order chi connectivity index (χ0) is 19.4. The largest absolute Gasteiger partial charge is 0.329 e. The molecule has 3 aromatic rings. The van der Waals surface area contributed by atoms with Gasteiger partial charge in [-0.3, -0.25) is 14.9 Å². The fourth-order valence-electron chi connectivity index (χ4n) is 2.35. The van der Waals surface area contributed by atoms with Crippen LogP contribution in [0.2, 0.25) is 0 Å². The van der Waals surface area contributed by atoms with Crippen LogP contribution in [0, 0.1) is 15.9 Å². The molecule has 0 unspecified atom stereocenters. The third kappa shape index (κ3) is 4.70. The third-order valence-corrected chi connectivity index (χ3v) is 4.86. The maximum Gasteiger partial charge on any atom is 0.269 e. The molecule has 1 aromatic heterocycles. The Balaban J connectivity index is 1.74. The first-order valence-electron chi connectivity index (χ1n) is 7.90. The number of imidazole rings is 1. The molecule has 0 bridgehead atoms. The van der Waals surface area contributed by atoms with E-state index in [2.05, 4.69) is 10.3 Å². The van der Waals surface area contributed by atoms with Gasteiger partial charge >= 0.3 is 0 Å². The Kier molecular flexibility index (Phi) is 5.51. The lowest BCUT2D eigenvalue weighted by atomic mass is 10.1. The average Bonchev–Trinajstić information content (AvgIpc) is 3.02. The number of amides is 1. The molecule has 1 amide bonds. The zero-order valence-electron chi connectivity index (χ0n) is 14.3. The van der Waals surface area contributed by atoms with Gasteiger partial charge in [0.15, 0.2) is 5.16 Å². The summed E-state index contributed by atoms with van der Waals surface area (Å²) in [6, 6.07) is 9.87. The van der Waals surface area contributed by atoms with E-state index in [4.69, 9.17) is 0 Å². The van der Waals surface area contributed by atoms with Crippen LogP contribution in [0.5, 0.6) is 0 Å². The Bertz CT molecular complexity index is 989. The van der Waals surface area contributed by atoms with E-state index in [0.29, 0.717) is 21.3 Å². The van der Waals surface area contributed by atoms with Crippen LogP contribution in [0.1, 0.15) is 5.56 Å². The fourth-order valence-corrected chi connectivity index (χ4v) is 3.22. The SMILES string of the molecule is Cn1ccnc1Sc1ccc(F)cc1NC(=O)Cc1ccc([N+](=O)[O-])cc1. The minimum absolute atomic E-state index is 0.0149. The predicted molar refractivity (Wildman–Crippen MR) is 99.2 cm³/mol. The minimum Gasteiger partial charge on any atom is -0.329 e. The molecule has 9 heteroatoms. The number of hydrogen-bond donors (Lipinski definition) is 1. The highest BCUT2D eigenvalue weighted by Gasteiger charge is 2.13. The first-order chi connectivity index (χ1) is 12.9. The number of carbonyl (C=O) groups excluding carboxylic acids is 1. The van der Waals surface area contributed by atoms with Crippen molar-refractivity contribution in [3.8, 4) is 0 Å². The highest BCUT2D eigenvalue weighted by molar-refractivity contribution is 7.99. The minimum atomic E-state index is -0.502. The number of rotatable bonds is 6. The summed E-state index contributed by atoms with van der Waals surface area (Å²) in [5, 5.41) is 14.1. The number of benzene rings is 2. The number of aryl methyl sites for hydroxylation is 1. The molecular formula is C18H15FN4O3S. The number of nitrogens with zero attached hydrogens (tertiary/aromatic N) is 3. The van der Waals surface area contributed by atoms with E-state index in [1.807, 2.05) is 11.6 Å². The highest BCUT2D eigenvalue weighted by Crippen LogP contribution is 2.33. The van der Waals surface area contributed by atoms with E-state index in [-0.39, 0.29) is 18.0 Å². The van der Waals surface area contributed by atoms with E-state index in [1.54, 1.807) is 18.5 Å². The lowest BCUT2D eigenvalue weighted by molar-refractivity contribution is -0.384. The zero-order valence-corrected chi connectivity index (χ0v) is 15.1. The standard InChI is InChI=1S/C18H15FN4O3S/c1-22-9-8-20-18(22)27-16-7-4-13(19)11-15(16)21-17(24)10-12-2-5-14(6-3-12)23(25)26/h2-9,11H,10H2,1H3,(H,21,24). The Morgan fingerprint density at radius 1 is 1.30 bits per heavy atom. The van der Waals surface area contributed by atoms with Gasteiger partial charge < -0.3 is 9.88 Å². The van der Waals surface area contributed by atoms with Gasteiger partial charge in [-0.15, -0.1) is 0 Å². The molecule has 0 saturated carbocycles. The van der Waals surface area contributed by atoms with Crippen molar-refractivity contribution in [1.82, 2.24) is 9.55 Å². The number of carbonyl (C=O) groups is 1. The second-order valence-electron chi connectivity index (χ2n) is 5.71. The van der Waals surface area contributed by atoms with E-state index < -0.39 is 10.7 Å². The van der Waals surface area contributed by atoms with Crippen LogP contribution in [-0.2, 0) is 18.3 Å². The molecule has 2 aromatic carbocycles. The van der Waals surface area contributed by atoms with Crippen LogP contribution >= 0.6 is 11.8 Å².